The Hall–Kier alpha value is -8.20. The molecule has 0 spiro atoms. The smallest absolute Gasteiger partial charge is 0.0462 e. The van der Waals surface area contributed by atoms with Crippen molar-refractivity contribution in [3.8, 4) is 11.1 Å². The second-order valence-electron chi connectivity index (χ2n) is 17.3. The van der Waals surface area contributed by atoms with Crippen molar-refractivity contribution in [2.45, 2.75) is 11.8 Å². The number of nitrogens with zero attached hydrogens (tertiary/aromatic N) is 2. The zero-order valence-corrected chi connectivity index (χ0v) is 36.8. The second-order valence-corrected chi connectivity index (χ2v) is 17.3. The van der Waals surface area contributed by atoms with Gasteiger partial charge in [-0.25, -0.2) is 0 Å². The summed E-state index contributed by atoms with van der Waals surface area (Å²) < 4.78 is 0. The molecule has 0 saturated carbocycles. The number of allylic oxidation sites excluding steroid dienone is 9. The van der Waals surface area contributed by atoms with E-state index >= 15 is 0 Å². The third-order valence-electron chi connectivity index (χ3n) is 13.3. The van der Waals surface area contributed by atoms with E-state index in [4.69, 9.17) is 0 Å². The van der Waals surface area contributed by atoms with Crippen molar-refractivity contribution < 1.29 is 0 Å². The van der Waals surface area contributed by atoms with Gasteiger partial charge in [-0.3, -0.25) is 0 Å². The van der Waals surface area contributed by atoms with E-state index in [0.29, 0.717) is 11.8 Å². The first kappa shape index (κ1) is 40.6. The van der Waals surface area contributed by atoms with Gasteiger partial charge in [0.25, 0.3) is 0 Å². The third-order valence-corrected chi connectivity index (χ3v) is 13.3. The summed E-state index contributed by atoms with van der Waals surface area (Å²) in [6.07, 6.45) is 25.8. The van der Waals surface area contributed by atoms with Crippen LogP contribution in [-0.2, 0) is 0 Å². The van der Waals surface area contributed by atoms with Gasteiger partial charge in [0.2, 0.25) is 0 Å². The van der Waals surface area contributed by atoms with Gasteiger partial charge in [-0.15, -0.1) is 0 Å². The molecule has 8 aromatic carbocycles. The molecule has 2 heteroatoms. The lowest BCUT2D eigenvalue weighted by Crippen LogP contribution is -2.28. The normalized spacial score (nSPS) is 18.1. The molecule has 0 aliphatic heterocycles. The fraction of sp³-hybridized carbons (Fsp3) is 0.0625. The van der Waals surface area contributed by atoms with E-state index in [-0.39, 0.29) is 11.8 Å². The average molecular weight is 847 g/mol. The van der Waals surface area contributed by atoms with Crippen LogP contribution in [0.4, 0.5) is 34.1 Å². The molecule has 0 amide bonds. The van der Waals surface area contributed by atoms with Crippen LogP contribution in [0.1, 0.15) is 39.7 Å². The van der Waals surface area contributed by atoms with Crippen LogP contribution in [-0.4, -0.2) is 0 Å². The summed E-state index contributed by atoms with van der Waals surface area (Å²) in [6.45, 7) is 0. The number of fused-ring (bicyclic) bond motifs is 8. The molecule has 0 N–H and O–H groups in total. The van der Waals surface area contributed by atoms with Crippen LogP contribution in [0.3, 0.4) is 0 Å². The maximum Gasteiger partial charge on any atom is 0.0462 e. The van der Waals surface area contributed by atoms with E-state index < -0.39 is 0 Å². The first-order valence-corrected chi connectivity index (χ1v) is 23.1. The highest BCUT2D eigenvalue weighted by molar-refractivity contribution is 5.81. The Kier molecular flexibility index (Phi) is 11.4. The first-order chi connectivity index (χ1) is 32.7. The van der Waals surface area contributed by atoms with Crippen molar-refractivity contribution in [1.82, 2.24) is 0 Å². The maximum atomic E-state index is 2.51. The number of anilines is 6. The van der Waals surface area contributed by atoms with Crippen molar-refractivity contribution >= 4 is 52.4 Å². The van der Waals surface area contributed by atoms with E-state index in [1.54, 1.807) is 0 Å². The topological polar surface area (TPSA) is 6.48 Å². The summed E-state index contributed by atoms with van der Waals surface area (Å²) in [5.41, 5.74) is 17.0. The van der Waals surface area contributed by atoms with Crippen molar-refractivity contribution in [1.29, 1.82) is 0 Å². The molecule has 0 fully saturated rings. The molecule has 66 heavy (non-hydrogen) atoms. The van der Waals surface area contributed by atoms with Crippen LogP contribution in [0.15, 0.2) is 267 Å². The third kappa shape index (κ3) is 8.33. The Morgan fingerprint density at radius 3 is 1.30 bits per heavy atom. The number of rotatable bonds is 10. The first-order valence-electron chi connectivity index (χ1n) is 23.1. The Labute approximate surface area is 389 Å². The lowest BCUT2D eigenvalue weighted by Gasteiger charge is -2.40. The number of hydrogen-bond acceptors (Lipinski definition) is 2. The number of para-hydroxylation sites is 4. The van der Waals surface area contributed by atoms with E-state index in [2.05, 4.69) is 289 Å². The number of benzene rings is 8. The molecule has 4 unspecified atom stereocenters. The molecule has 2 nitrogen and oxygen atoms in total. The second kappa shape index (κ2) is 18.5. The SMILES string of the molecule is C1=CC2c3cc(/C=C/c4ccc(N(c5ccccc5)c5ccccc5)cc4)ccc3-c3ccccc3C3C=C(/C=C/c4ccc(N(c5ccccc5)c5ccccc5)cc4)C=CC3C2C=C1. The van der Waals surface area contributed by atoms with Crippen LogP contribution < -0.4 is 9.80 Å². The predicted molar refractivity (Wildman–Crippen MR) is 280 cm³/mol. The summed E-state index contributed by atoms with van der Waals surface area (Å²) >= 11 is 0. The van der Waals surface area contributed by atoms with E-state index in [1.807, 2.05) is 0 Å². The van der Waals surface area contributed by atoms with Crippen LogP contribution >= 0.6 is 0 Å². The highest BCUT2D eigenvalue weighted by atomic mass is 15.1. The standard InChI is InChI=1S/C64H50N2/c1-5-17-51(18-6-1)65(52-19-7-2-8-20-52)55-39-33-47(34-40-55)29-31-49-37-43-61-58-26-14-16-28-60(58)64-46-50(38-44-62(64)57-25-13-15-27-59(57)63(61)45-49)32-30-48-35-41-56(42-36-48)66(53-21-9-3-10-22-53)54-23-11-4-12-24-54/h1-46,57,59,62,64H/b31-29+,32-30+. The quantitative estimate of drug-likeness (QED) is 0.127. The summed E-state index contributed by atoms with van der Waals surface area (Å²) in [5, 5.41) is 0. The van der Waals surface area contributed by atoms with Gasteiger partial charge in [-0.2, -0.15) is 0 Å². The van der Waals surface area contributed by atoms with E-state index in [9.17, 15) is 0 Å². The molecule has 316 valence electrons. The summed E-state index contributed by atoms with van der Waals surface area (Å²) in [5.74, 6) is 1.12. The van der Waals surface area contributed by atoms with E-state index in [1.165, 1.54) is 39.0 Å². The molecule has 4 atom stereocenters. The summed E-state index contributed by atoms with van der Waals surface area (Å²) in [6, 6.07) is 76.2. The molecule has 11 rings (SSSR count). The molecule has 0 saturated heterocycles. The molecule has 0 radical (unpaired) electrons. The molecular formula is C64H50N2. The lowest BCUT2D eigenvalue weighted by molar-refractivity contribution is 0.397. The Bertz CT molecular complexity index is 3040. The van der Waals surface area contributed by atoms with Crippen LogP contribution in [0.25, 0.3) is 29.4 Å². The zero-order valence-electron chi connectivity index (χ0n) is 36.8. The van der Waals surface area contributed by atoms with Gasteiger partial charge < -0.3 is 9.80 Å². The lowest BCUT2D eigenvalue weighted by atomic mass is 9.63. The highest BCUT2D eigenvalue weighted by Crippen LogP contribution is 2.51. The Morgan fingerprint density at radius 2 is 0.742 bits per heavy atom. The minimum atomic E-state index is 0.234. The Morgan fingerprint density at radius 1 is 0.318 bits per heavy atom. The zero-order chi connectivity index (χ0) is 44.1. The van der Waals surface area contributed by atoms with Gasteiger partial charge in [0, 0.05) is 46.0 Å². The van der Waals surface area contributed by atoms with Gasteiger partial charge >= 0.3 is 0 Å². The fourth-order valence-corrected chi connectivity index (χ4v) is 10.1. The average Bonchev–Trinajstić information content (AvgIpc) is 3.39. The van der Waals surface area contributed by atoms with Crippen molar-refractivity contribution in [2.75, 3.05) is 9.80 Å². The number of hydrogen-bond donors (Lipinski definition) is 0. The van der Waals surface area contributed by atoms with Crippen molar-refractivity contribution in [2.24, 2.45) is 11.8 Å². The fourth-order valence-electron chi connectivity index (χ4n) is 10.1. The maximum absolute atomic E-state index is 2.51. The van der Waals surface area contributed by atoms with Crippen molar-refractivity contribution in [3.05, 3.63) is 294 Å². The summed E-state index contributed by atoms with van der Waals surface area (Å²) in [4.78, 5) is 4.60. The minimum Gasteiger partial charge on any atom is -0.311 e. The predicted octanol–water partition coefficient (Wildman–Crippen LogP) is 17.2. The summed E-state index contributed by atoms with van der Waals surface area (Å²) in [7, 11) is 0. The molecule has 0 bridgehead atoms. The molecule has 8 aromatic rings. The Balaban J connectivity index is 0.870. The minimum absolute atomic E-state index is 0.234. The van der Waals surface area contributed by atoms with Gasteiger partial charge in [0.15, 0.2) is 0 Å². The monoisotopic (exact) mass is 846 g/mol. The highest BCUT2D eigenvalue weighted by Gasteiger charge is 2.38. The molecule has 3 aliphatic rings. The van der Waals surface area contributed by atoms with Gasteiger partial charge in [0.05, 0.1) is 0 Å². The van der Waals surface area contributed by atoms with Gasteiger partial charge in [-0.1, -0.05) is 206 Å². The van der Waals surface area contributed by atoms with Crippen LogP contribution in [0.2, 0.25) is 0 Å². The molecule has 0 aromatic heterocycles. The van der Waals surface area contributed by atoms with Gasteiger partial charge in [-0.05, 0) is 129 Å². The molecule has 3 aliphatic carbocycles. The van der Waals surface area contributed by atoms with Crippen LogP contribution in [0.5, 0.6) is 0 Å². The molecular weight excluding hydrogens is 797 g/mol. The van der Waals surface area contributed by atoms with Crippen molar-refractivity contribution in [3.63, 3.8) is 0 Å². The van der Waals surface area contributed by atoms with E-state index in [0.717, 1.165) is 39.7 Å². The van der Waals surface area contributed by atoms with Crippen LogP contribution in [0, 0.1) is 11.8 Å². The largest absolute Gasteiger partial charge is 0.311 e. The molecule has 0 heterocycles. The van der Waals surface area contributed by atoms with Gasteiger partial charge in [0.1, 0.15) is 0 Å².